The second-order valence-corrected chi connectivity index (χ2v) is 12.9. The first-order chi connectivity index (χ1) is 25.3. The molecule has 7 aromatic carbocycles. The van der Waals surface area contributed by atoms with Gasteiger partial charge in [-0.2, -0.15) is 0 Å². The number of nitrogens with one attached hydrogen (secondary N) is 1. The summed E-state index contributed by atoms with van der Waals surface area (Å²) in [6.07, 6.45) is 0. The van der Waals surface area contributed by atoms with Gasteiger partial charge in [-0.1, -0.05) is 121 Å². The highest BCUT2D eigenvalue weighted by atomic mass is 16.3. The highest BCUT2D eigenvalue weighted by Crippen LogP contribution is 2.48. The van der Waals surface area contributed by atoms with E-state index in [1.165, 1.54) is 10.8 Å². The number of H-pyrrole nitrogens is 1. The highest BCUT2D eigenvalue weighted by Gasteiger charge is 2.26. The fourth-order valence-electron chi connectivity index (χ4n) is 7.93. The minimum absolute atomic E-state index is 0.721. The number of hydrogen-bond acceptors (Lipinski definition) is 5. The molecule has 0 saturated heterocycles. The molecule has 0 bridgehead atoms. The van der Waals surface area contributed by atoms with Crippen LogP contribution in [-0.4, -0.2) is 20.4 Å². The summed E-state index contributed by atoms with van der Waals surface area (Å²) in [7, 11) is 0. The maximum Gasteiger partial charge on any atom is 0.136 e. The van der Waals surface area contributed by atoms with E-state index in [1.807, 2.05) is 60.7 Å². The number of rotatable bonds is 4. The Labute approximate surface area is 290 Å². The fourth-order valence-corrected chi connectivity index (χ4v) is 7.93. The van der Waals surface area contributed by atoms with Gasteiger partial charge in [-0.25, -0.2) is 0 Å². The number of nitrogens with zero attached hydrogens (tertiary/aromatic N) is 3. The molecule has 0 fully saturated rings. The Morgan fingerprint density at radius 1 is 0.373 bits per heavy atom. The summed E-state index contributed by atoms with van der Waals surface area (Å²) in [4.78, 5) is 3.73. The van der Waals surface area contributed by atoms with Gasteiger partial charge >= 0.3 is 0 Å². The zero-order valence-corrected chi connectivity index (χ0v) is 27.1. The van der Waals surface area contributed by atoms with E-state index in [4.69, 9.17) is 19.0 Å². The lowest BCUT2D eigenvalue weighted by atomic mass is 9.87. The number of aromatic amines is 1. The molecule has 0 aliphatic carbocycles. The summed E-state index contributed by atoms with van der Waals surface area (Å²) < 4.78 is 12.7. The summed E-state index contributed by atoms with van der Waals surface area (Å²) in [5, 5.41) is 20.6. The molecule has 0 radical (unpaired) electrons. The molecule has 0 aliphatic heterocycles. The van der Waals surface area contributed by atoms with Crippen molar-refractivity contribution in [3.05, 3.63) is 152 Å². The summed E-state index contributed by atoms with van der Waals surface area (Å²) in [6, 6.07) is 52.1. The molecule has 0 aliphatic rings. The Balaban J connectivity index is 1.28. The molecule has 0 saturated carbocycles. The first-order valence-corrected chi connectivity index (χ1v) is 17.0. The monoisotopic (exact) mass is 654 g/mol. The van der Waals surface area contributed by atoms with Crippen molar-refractivity contribution >= 4 is 65.7 Å². The highest BCUT2D eigenvalue weighted by molar-refractivity contribution is 6.18. The van der Waals surface area contributed by atoms with Crippen LogP contribution in [0.3, 0.4) is 0 Å². The van der Waals surface area contributed by atoms with Gasteiger partial charge in [0, 0.05) is 60.1 Å². The second-order valence-electron chi connectivity index (χ2n) is 12.9. The van der Waals surface area contributed by atoms with Crippen molar-refractivity contribution in [3.8, 4) is 44.8 Å². The number of aromatic nitrogens is 4. The molecule has 51 heavy (non-hydrogen) atoms. The molecule has 4 heterocycles. The van der Waals surface area contributed by atoms with Gasteiger partial charge < -0.3 is 13.8 Å². The van der Waals surface area contributed by atoms with Gasteiger partial charge in [0.1, 0.15) is 33.7 Å². The third-order valence-electron chi connectivity index (χ3n) is 10.1. The summed E-state index contributed by atoms with van der Waals surface area (Å²) in [6.45, 7) is 0. The van der Waals surface area contributed by atoms with E-state index < -0.39 is 0 Å². The first-order valence-electron chi connectivity index (χ1n) is 17.0. The van der Waals surface area contributed by atoms with Crippen molar-refractivity contribution in [1.82, 2.24) is 20.4 Å². The third-order valence-corrected chi connectivity index (χ3v) is 10.1. The predicted octanol–water partition coefficient (Wildman–Crippen LogP) is 12.0. The minimum Gasteiger partial charge on any atom is -0.456 e. The van der Waals surface area contributed by atoms with Crippen LogP contribution in [0, 0.1) is 0 Å². The Kier molecular flexibility index (Phi) is 5.86. The summed E-state index contributed by atoms with van der Waals surface area (Å²) >= 11 is 0. The standard InChI is InChI=1S/C45H26N4O2/c1-2-14-28(26(12-1)29-17-9-18-30-27-13-3-6-21-35(27)46-43(29)30)42-44(33-19-10-24-38-40(33)31-15-4-7-22-36(31)50-38)47-49-48-45(42)34-20-11-25-39-41(34)32-16-5-8-23-37(32)51-39/h1-25,46H. The molecule has 11 aromatic rings. The lowest BCUT2D eigenvalue weighted by Gasteiger charge is -2.18. The molecular weight excluding hydrogens is 629 g/mol. The Bertz CT molecular complexity index is 3030. The van der Waals surface area contributed by atoms with Crippen LogP contribution in [0.25, 0.3) is 110 Å². The number of fused-ring (bicyclic) bond motifs is 9. The van der Waals surface area contributed by atoms with E-state index in [9.17, 15) is 0 Å². The lowest BCUT2D eigenvalue weighted by molar-refractivity contribution is 0.668. The average molecular weight is 655 g/mol. The molecule has 6 nitrogen and oxygen atoms in total. The van der Waals surface area contributed by atoms with Gasteiger partial charge in [-0.15, -0.1) is 10.2 Å². The Morgan fingerprint density at radius 3 is 1.51 bits per heavy atom. The largest absolute Gasteiger partial charge is 0.456 e. The van der Waals surface area contributed by atoms with Crippen LogP contribution in [0.5, 0.6) is 0 Å². The Hall–Kier alpha value is -7.05. The van der Waals surface area contributed by atoms with Crippen molar-refractivity contribution in [2.45, 2.75) is 0 Å². The first kappa shape index (κ1) is 27.9. The number of furan rings is 2. The van der Waals surface area contributed by atoms with E-state index in [2.05, 4.69) is 101 Å². The van der Waals surface area contributed by atoms with Crippen molar-refractivity contribution in [3.63, 3.8) is 0 Å². The molecule has 0 spiro atoms. The quantitative estimate of drug-likeness (QED) is 0.204. The van der Waals surface area contributed by atoms with Gasteiger partial charge in [-0.3, -0.25) is 0 Å². The molecular formula is C45H26N4O2. The molecule has 238 valence electrons. The van der Waals surface area contributed by atoms with Crippen LogP contribution in [0.1, 0.15) is 0 Å². The van der Waals surface area contributed by atoms with Crippen LogP contribution < -0.4 is 0 Å². The van der Waals surface area contributed by atoms with Gasteiger partial charge in [-0.05, 0) is 46.7 Å². The Morgan fingerprint density at radius 2 is 0.843 bits per heavy atom. The molecule has 4 aromatic heterocycles. The smallest absolute Gasteiger partial charge is 0.136 e. The van der Waals surface area contributed by atoms with Crippen LogP contribution in [-0.2, 0) is 0 Å². The van der Waals surface area contributed by atoms with Crippen molar-refractivity contribution in [2.75, 3.05) is 0 Å². The number of hydrogen-bond donors (Lipinski definition) is 1. The van der Waals surface area contributed by atoms with Gasteiger partial charge in [0.15, 0.2) is 0 Å². The van der Waals surface area contributed by atoms with Crippen molar-refractivity contribution in [1.29, 1.82) is 0 Å². The van der Waals surface area contributed by atoms with Crippen molar-refractivity contribution < 1.29 is 8.83 Å². The van der Waals surface area contributed by atoms with E-state index in [1.54, 1.807) is 0 Å². The van der Waals surface area contributed by atoms with Gasteiger partial charge in [0.2, 0.25) is 0 Å². The molecule has 0 unspecified atom stereocenters. The van der Waals surface area contributed by atoms with E-state index in [-0.39, 0.29) is 0 Å². The number of benzene rings is 7. The maximum absolute atomic E-state index is 6.36. The van der Waals surface area contributed by atoms with Gasteiger partial charge in [0.05, 0.1) is 5.52 Å². The average Bonchev–Trinajstić information content (AvgIpc) is 3.89. The molecule has 11 rings (SSSR count). The summed E-state index contributed by atoms with van der Waals surface area (Å²) in [5.41, 5.74) is 12.7. The summed E-state index contributed by atoms with van der Waals surface area (Å²) in [5.74, 6) is 0. The van der Waals surface area contributed by atoms with Crippen LogP contribution in [0.4, 0.5) is 0 Å². The van der Waals surface area contributed by atoms with E-state index in [0.29, 0.717) is 0 Å². The molecule has 0 amide bonds. The maximum atomic E-state index is 6.36. The van der Waals surface area contributed by atoms with E-state index in [0.717, 1.165) is 99.7 Å². The minimum atomic E-state index is 0.721. The topological polar surface area (TPSA) is 80.7 Å². The molecule has 0 atom stereocenters. The molecule has 6 heteroatoms. The van der Waals surface area contributed by atoms with Crippen molar-refractivity contribution in [2.24, 2.45) is 0 Å². The van der Waals surface area contributed by atoms with Crippen LogP contribution in [0.2, 0.25) is 0 Å². The normalized spacial score (nSPS) is 11.9. The predicted molar refractivity (Wildman–Crippen MR) is 205 cm³/mol. The zero-order valence-electron chi connectivity index (χ0n) is 27.1. The SMILES string of the molecule is c1ccc(-c2cccc3c2[nH]c2ccccc23)c(-c2c(-c3cccc4oc5ccccc5c34)nnnc2-c2cccc3oc4ccccc4c23)c1. The second kappa shape index (κ2) is 10.7. The van der Waals surface area contributed by atoms with Gasteiger partial charge in [0.25, 0.3) is 0 Å². The van der Waals surface area contributed by atoms with E-state index >= 15 is 0 Å². The third kappa shape index (κ3) is 4.07. The number of para-hydroxylation sites is 4. The fraction of sp³-hybridized carbons (Fsp3) is 0. The lowest BCUT2D eigenvalue weighted by Crippen LogP contribution is -2.02. The molecule has 1 N–H and O–H groups in total. The van der Waals surface area contributed by atoms with Crippen LogP contribution in [0.15, 0.2) is 160 Å². The zero-order chi connectivity index (χ0) is 33.5. The van der Waals surface area contributed by atoms with Crippen LogP contribution >= 0.6 is 0 Å².